The molecule has 1 aliphatic heterocycles. The predicted molar refractivity (Wildman–Crippen MR) is 76.9 cm³/mol. The van der Waals surface area contributed by atoms with E-state index in [1.165, 1.54) is 0 Å². The van der Waals surface area contributed by atoms with Crippen molar-refractivity contribution in [3.05, 3.63) is 35.8 Å². The molecule has 2 aromatic rings. The number of halogens is 3. The zero-order valence-electron chi connectivity index (χ0n) is 13.1. The van der Waals surface area contributed by atoms with Crippen molar-refractivity contribution in [1.29, 1.82) is 0 Å². The molecule has 0 aliphatic carbocycles. The number of hydrogen-bond donors (Lipinski definition) is 0. The highest BCUT2D eigenvalue weighted by Crippen LogP contribution is 2.33. The molecule has 0 N–H and O–H groups in total. The monoisotopic (exact) mass is 326 g/mol. The van der Waals surface area contributed by atoms with Crippen LogP contribution in [0.2, 0.25) is 0 Å². The maximum Gasteiger partial charge on any atom is 0.471 e. The highest BCUT2D eigenvalue weighted by atomic mass is 19.4. The zero-order valence-corrected chi connectivity index (χ0v) is 13.1. The van der Waals surface area contributed by atoms with Crippen LogP contribution >= 0.6 is 0 Å². The third-order valence-corrected chi connectivity index (χ3v) is 3.74. The van der Waals surface area contributed by atoms with Crippen molar-refractivity contribution in [2.45, 2.75) is 45.6 Å². The minimum atomic E-state index is -4.86. The standard InChI is InChI=1S/C15H17F3N4O/c1-14(2,3)22-12(20-6-4-5-7-20)10-8-21(9-11(10)19-22)13(23)15(16,17)18/h4-7H,8-9H2,1-3H3. The van der Waals surface area contributed by atoms with E-state index in [2.05, 4.69) is 5.10 Å². The molecule has 0 bridgehead atoms. The number of carbonyl (C=O) groups is 1. The highest BCUT2D eigenvalue weighted by molar-refractivity contribution is 5.82. The summed E-state index contributed by atoms with van der Waals surface area (Å²) in [5.74, 6) is -1.12. The average molecular weight is 326 g/mol. The fourth-order valence-electron chi connectivity index (χ4n) is 2.73. The number of alkyl halides is 3. The third-order valence-electron chi connectivity index (χ3n) is 3.74. The second-order valence-electron chi connectivity index (χ2n) is 6.58. The molecule has 0 unspecified atom stereocenters. The number of amides is 1. The average Bonchev–Trinajstić information content (AvgIpc) is 3.09. The lowest BCUT2D eigenvalue weighted by atomic mass is 10.1. The van der Waals surface area contributed by atoms with Gasteiger partial charge in [-0.2, -0.15) is 18.3 Å². The van der Waals surface area contributed by atoms with Gasteiger partial charge >= 0.3 is 12.1 Å². The van der Waals surface area contributed by atoms with Gasteiger partial charge in [-0.1, -0.05) is 0 Å². The molecule has 0 saturated carbocycles. The molecule has 0 saturated heterocycles. The second-order valence-corrected chi connectivity index (χ2v) is 6.58. The molecule has 0 fully saturated rings. The first kappa shape index (κ1) is 15.6. The normalized spacial score (nSPS) is 15.1. The maximum absolute atomic E-state index is 12.7. The van der Waals surface area contributed by atoms with Crippen molar-refractivity contribution in [3.8, 4) is 5.82 Å². The first-order chi connectivity index (χ1) is 10.6. The SMILES string of the molecule is CC(C)(C)n1nc2c(c1-n1cccc1)CN(C(=O)C(F)(F)F)C2. The van der Waals surface area contributed by atoms with E-state index < -0.39 is 12.1 Å². The van der Waals surface area contributed by atoms with Crippen LogP contribution in [0.15, 0.2) is 24.5 Å². The molecule has 3 heterocycles. The summed E-state index contributed by atoms with van der Waals surface area (Å²) >= 11 is 0. The lowest BCUT2D eigenvalue weighted by Crippen LogP contribution is -2.38. The Bertz CT molecular complexity index is 738. The lowest BCUT2D eigenvalue weighted by Gasteiger charge is -2.25. The molecule has 8 heteroatoms. The van der Waals surface area contributed by atoms with Gasteiger partial charge in [0.05, 0.1) is 24.3 Å². The van der Waals surface area contributed by atoms with Crippen molar-refractivity contribution < 1.29 is 18.0 Å². The summed E-state index contributed by atoms with van der Waals surface area (Å²) < 4.78 is 41.6. The molecule has 0 radical (unpaired) electrons. The van der Waals surface area contributed by atoms with E-state index in [4.69, 9.17) is 0 Å². The Hall–Kier alpha value is -2.25. The topological polar surface area (TPSA) is 43.1 Å². The molecule has 5 nitrogen and oxygen atoms in total. The molecule has 3 rings (SSSR count). The Morgan fingerprint density at radius 1 is 1.13 bits per heavy atom. The first-order valence-corrected chi connectivity index (χ1v) is 7.20. The molecule has 0 aromatic carbocycles. The second kappa shape index (κ2) is 4.87. The van der Waals surface area contributed by atoms with Crippen molar-refractivity contribution in [2.24, 2.45) is 0 Å². The fourth-order valence-corrected chi connectivity index (χ4v) is 2.73. The lowest BCUT2D eigenvalue weighted by molar-refractivity contribution is -0.186. The minimum absolute atomic E-state index is 0.0860. The summed E-state index contributed by atoms with van der Waals surface area (Å²) in [5, 5.41) is 4.47. The molecule has 1 amide bonds. The van der Waals surface area contributed by atoms with Gasteiger partial charge in [-0.15, -0.1) is 0 Å². The van der Waals surface area contributed by atoms with Gasteiger partial charge in [0.2, 0.25) is 0 Å². The Balaban J connectivity index is 2.04. The van der Waals surface area contributed by atoms with Gasteiger partial charge in [-0.25, -0.2) is 4.68 Å². The van der Waals surface area contributed by atoms with Gasteiger partial charge < -0.3 is 9.47 Å². The molecule has 2 aromatic heterocycles. The number of rotatable bonds is 1. The quantitative estimate of drug-likeness (QED) is 0.809. The Morgan fingerprint density at radius 2 is 1.74 bits per heavy atom. The Morgan fingerprint density at radius 3 is 2.26 bits per heavy atom. The van der Waals surface area contributed by atoms with Crippen LogP contribution in [0.25, 0.3) is 5.82 Å². The van der Waals surface area contributed by atoms with Crippen LogP contribution in [0, 0.1) is 0 Å². The summed E-state index contributed by atoms with van der Waals surface area (Å²) in [6.07, 6.45) is -1.24. The third kappa shape index (κ3) is 2.62. The van der Waals surface area contributed by atoms with Crippen molar-refractivity contribution in [1.82, 2.24) is 19.2 Å². The predicted octanol–water partition coefficient (Wildman–Crippen LogP) is 2.83. The highest BCUT2D eigenvalue weighted by Gasteiger charge is 2.45. The van der Waals surface area contributed by atoms with Crippen LogP contribution in [0.5, 0.6) is 0 Å². The van der Waals surface area contributed by atoms with Crippen molar-refractivity contribution in [2.75, 3.05) is 0 Å². The molecular weight excluding hydrogens is 309 g/mol. The number of nitrogens with zero attached hydrogens (tertiary/aromatic N) is 4. The summed E-state index contributed by atoms with van der Waals surface area (Å²) in [6.45, 7) is 5.71. The summed E-state index contributed by atoms with van der Waals surface area (Å²) in [5.41, 5.74) is 0.845. The van der Waals surface area contributed by atoms with Gasteiger partial charge in [0.25, 0.3) is 0 Å². The van der Waals surface area contributed by atoms with E-state index in [-0.39, 0.29) is 18.6 Å². The van der Waals surface area contributed by atoms with E-state index in [9.17, 15) is 18.0 Å². The van der Waals surface area contributed by atoms with E-state index in [1.807, 2.05) is 49.9 Å². The molecule has 1 aliphatic rings. The largest absolute Gasteiger partial charge is 0.471 e. The van der Waals surface area contributed by atoms with Crippen LogP contribution in [-0.2, 0) is 23.4 Å². The van der Waals surface area contributed by atoms with Crippen molar-refractivity contribution >= 4 is 5.91 Å². The van der Waals surface area contributed by atoms with Crippen LogP contribution in [0.4, 0.5) is 13.2 Å². The maximum atomic E-state index is 12.7. The summed E-state index contributed by atoms with van der Waals surface area (Å²) in [7, 11) is 0. The summed E-state index contributed by atoms with van der Waals surface area (Å²) in [4.78, 5) is 12.3. The van der Waals surface area contributed by atoms with Crippen LogP contribution in [-0.4, -0.2) is 31.3 Å². The van der Waals surface area contributed by atoms with Crippen LogP contribution in [0.3, 0.4) is 0 Å². The first-order valence-electron chi connectivity index (χ1n) is 7.20. The number of fused-ring (bicyclic) bond motifs is 1. The van der Waals surface area contributed by atoms with Crippen molar-refractivity contribution in [3.63, 3.8) is 0 Å². The molecule has 23 heavy (non-hydrogen) atoms. The fraction of sp³-hybridized carbons (Fsp3) is 0.467. The van der Waals surface area contributed by atoms with E-state index >= 15 is 0 Å². The molecule has 0 spiro atoms. The number of hydrogen-bond acceptors (Lipinski definition) is 2. The smallest absolute Gasteiger partial charge is 0.324 e. The van der Waals surface area contributed by atoms with E-state index in [1.54, 1.807) is 4.68 Å². The van der Waals surface area contributed by atoms with Gasteiger partial charge in [-0.3, -0.25) is 4.79 Å². The van der Waals surface area contributed by atoms with Gasteiger partial charge in [0.15, 0.2) is 0 Å². The van der Waals surface area contributed by atoms with Gasteiger partial charge in [0.1, 0.15) is 5.82 Å². The van der Waals surface area contributed by atoms with Gasteiger partial charge in [-0.05, 0) is 32.9 Å². The van der Waals surface area contributed by atoms with Crippen LogP contribution < -0.4 is 0 Å². The zero-order chi connectivity index (χ0) is 17.0. The Kier molecular flexibility index (Phi) is 3.31. The van der Waals surface area contributed by atoms with Gasteiger partial charge in [0, 0.05) is 18.0 Å². The van der Waals surface area contributed by atoms with Crippen LogP contribution in [0.1, 0.15) is 32.0 Å². The number of aromatic nitrogens is 3. The number of carbonyl (C=O) groups excluding carboxylic acids is 1. The minimum Gasteiger partial charge on any atom is -0.324 e. The Labute approximate surface area is 131 Å². The molecule has 124 valence electrons. The molecule has 0 atom stereocenters. The van der Waals surface area contributed by atoms with E-state index in [0.717, 1.165) is 4.90 Å². The summed E-state index contributed by atoms with van der Waals surface area (Å²) in [6, 6.07) is 3.67. The molecular formula is C15H17F3N4O. The van der Waals surface area contributed by atoms with E-state index in [0.29, 0.717) is 17.1 Å².